The molecule has 0 fully saturated rings. The summed E-state index contributed by atoms with van der Waals surface area (Å²) in [7, 11) is 0. The standard InChI is InChI=1S/C10H10N2O2/c11-10(14)8-5-9(13)6-3-1-2-4-7(6)12-8/h1-5,9,12-13H,(H2,11,14). The Morgan fingerprint density at radius 1 is 1.43 bits per heavy atom. The summed E-state index contributed by atoms with van der Waals surface area (Å²) in [5.41, 5.74) is 6.80. The van der Waals surface area contributed by atoms with E-state index in [9.17, 15) is 9.90 Å². The second-order valence-electron chi connectivity index (χ2n) is 3.10. The van der Waals surface area contributed by atoms with Crippen molar-refractivity contribution in [3.8, 4) is 0 Å². The molecular formula is C10H10N2O2. The van der Waals surface area contributed by atoms with Crippen molar-refractivity contribution >= 4 is 11.6 Å². The molecule has 0 saturated carbocycles. The zero-order chi connectivity index (χ0) is 10.1. The summed E-state index contributed by atoms with van der Waals surface area (Å²) in [5, 5.41) is 12.5. The van der Waals surface area contributed by atoms with E-state index < -0.39 is 12.0 Å². The van der Waals surface area contributed by atoms with Crippen LogP contribution in [0.1, 0.15) is 11.7 Å². The Morgan fingerprint density at radius 3 is 2.86 bits per heavy atom. The number of para-hydroxylation sites is 1. The molecule has 1 aliphatic heterocycles. The van der Waals surface area contributed by atoms with Crippen molar-refractivity contribution < 1.29 is 9.90 Å². The van der Waals surface area contributed by atoms with Crippen LogP contribution in [-0.4, -0.2) is 11.0 Å². The first kappa shape index (κ1) is 8.77. The molecular weight excluding hydrogens is 180 g/mol. The summed E-state index contributed by atoms with van der Waals surface area (Å²) in [5.74, 6) is -0.571. The number of nitrogens with one attached hydrogen (secondary N) is 1. The third kappa shape index (κ3) is 1.36. The van der Waals surface area contributed by atoms with E-state index in [4.69, 9.17) is 5.73 Å². The summed E-state index contributed by atoms with van der Waals surface area (Å²) < 4.78 is 0. The Bertz CT molecular complexity index is 412. The molecule has 0 spiro atoms. The minimum atomic E-state index is -0.769. The number of anilines is 1. The van der Waals surface area contributed by atoms with Crippen LogP contribution in [0.2, 0.25) is 0 Å². The topological polar surface area (TPSA) is 75.4 Å². The van der Waals surface area contributed by atoms with Gasteiger partial charge < -0.3 is 16.2 Å². The van der Waals surface area contributed by atoms with Gasteiger partial charge in [0.05, 0.1) is 0 Å². The van der Waals surface area contributed by atoms with E-state index in [1.165, 1.54) is 6.08 Å². The van der Waals surface area contributed by atoms with Gasteiger partial charge in [-0.25, -0.2) is 0 Å². The molecule has 14 heavy (non-hydrogen) atoms. The number of nitrogens with two attached hydrogens (primary N) is 1. The third-order valence-corrected chi connectivity index (χ3v) is 2.14. The first-order valence-electron chi connectivity index (χ1n) is 4.24. The molecule has 1 atom stereocenters. The molecule has 1 unspecified atom stereocenters. The van der Waals surface area contributed by atoms with Gasteiger partial charge in [0, 0.05) is 11.3 Å². The molecule has 1 aromatic rings. The Balaban J connectivity index is 2.42. The largest absolute Gasteiger partial charge is 0.384 e. The van der Waals surface area contributed by atoms with Gasteiger partial charge in [0.25, 0.3) is 5.91 Å². The SMILES string of the molecule is NC(=O)C1=CC(O)c2ccccc2N1. The van der Waals surface area contributed by atoms with Crippen LogP contribution >= 0.6 is 0 Å². The monoisotopic (exact) mass is 190 g/mol. The maximum atomic E-state index is 10.9. The fraction of sp³-hybridized carbons (Fsp3) is 0.100. The van der Waals surface area contributed by atoms with Crippen LogP contribution in [0, 0.1) is 0 Å². The lowest BCUT2D eigenvalue weighted by Gasteiger charge is -2.20. The Hall–Kier alpha value is -1.81. The van der Waals surface area contributed by atoms with Gasteiger partial charge >= 0.3 is 0 Å². The Morgan fingerprint density at radius 2 is 2.14 bits per heavy atom. The van der Waals surface area contributed by atoms with E-state index in [0.717, 1.165) is 11.3 Å². The average molecular weight is 190 g/mol. The van der Waals surface area contributed by atoms with Gasteiger partial charge in [0.15, 0.2) is 0 Å². The predicted octanol–water partition coefficient (Wildman–Crippen LogP) is 0.515. The van der Waals surface area contributed by atoms with Crippen molar-refractivity contribution in [3.05, 3.63) is 41.6 Å². The van der Waals surface area contributed by atoms with Crippen molar-refractivity contribution in [1.82, 2.24) is 0 Å². The third-order valence-electron chi connectivity index (χ3n) is 2.14. The van der Waals surface area contributed by atoms with Crippen LogP contribution < -0.4 is 11.1 Å². The number of primary amides is 1. The highest BCUT2D eigenvalue weighted by atomic mass is 16.3. The van der Waals surface area contributed by atoms with Crippen LogP contribution in [0.4, 0.5) is 5.69 Å². The fourth-order valence-electron chi connectivity index (χ4n) is 1.45. The Labute approximate surface area is 81.0 Å². The maximum Gasteiger partial charge on any atom is 0.264 e. The molecule has 0 radical (unpaired) electrons. The quantitative estimate of drug-likeness (QED) is 0.604. The van der Waals surface area contributed by atoms with Crippen molar-refractivity contribution in [1.29, 1.82) is 0 Å². The number of fused-ring (bicyclic) bond motifs is 1. The lowest BCUT2D eigenvalue weighted by molar-refractivity contribution is -0.114. The number of benzene rings is 1. The average Bonchev–Trinajstić information content (AvgIpc) is 2.17. The predicted molar refractivity (Wildman–Crippen MR) is 52.3 cm³/mol. The molecule has 4 heteroatoms. The maximum absolute atomic E-state index is 10.9. The zero-order valence-corrected chi connectivity index (χ0v) is 7.40. The molecule has 0 aromatic heterocycles. The number of hydrogen-bond acceptors (Lipinski definition) is 3. The van der Waals surface area contributed by atoms with Gasteiger partial charge in [-0.1, -0.05) is 18.2 Å². The second kappa shape index (κ2) is 3.16. The number of carbonyl (C=O) groups excluding carboxylic acids is 1. The normalized spacial score (nSPS) is 19.2. The van der Waals surface area contributed by atoms with E-state index in [-0.39, 0.29) is 5.70 Å². The molecule has 0 bridgehead atoms. The minimum absolute atomic E-state index is 0.233. The summed E-state index contributed by atoms with van der Waals surface area (Å²) in [6, 6.07) is 7.23. The number of amides is 1. The van der Waals surface area contributed by atoms with E-state index >= 15 is 0 Å². The number of rotatable bonds is 1. The number of aliphatic hydroxyl groups excluding tert-OH is 1. The highest BCUT2D eigenvalue weighted by molar-refractivity contribution is 5.96. The van der Waals surface area contributed by atoms with Gasteiger partial charge in [-0.3, -0.25) is 4.79 Å². The van der Waals surface area contributed by atoms with E-state index in [1.807, 2.05) is 12.1 Å². The van der Waals surface area contributed by atoms with Crippen LogP contribution in [0.5, 0.6) is 0 Å². The molecule has 72 valence electrons. The Kier molecular flexibility index (Phi) is 1.98. The van der Waals surface area contributed by atoms with Crippen molar-refractivity contribution in [2.75, 3.05) is 5.32 Å². The number of carbonyl (C=O) groups is 1. The van der Waals surface area contributed by atoms with Gasteiger partial charge in [-0.15, -0.1) is 0 Å². The highest BCUT2D eigenvalue weighted by Gasteiger charge is 2.19. The van der Waals surface area contributed by atoms with Gasteiger partial charge in [0.2, 0.25) is 0 Å². The van der Waals surface area contributed by atoms with Gasteiger partial charge in [-0.2, -0.15) is 0 Å². The second-order valence-corrected chi connectivity index (χ2v) is 3.10. The van der Waals surface area contributed by atoms with Crippen molar-refractivity contribution in [2.24, 2.45) is 5.73 Å². The van der Waals surface area contributed by atoms with Crippen molar-refractivity contribution in [3.63, 3.8) is 0 Å². The molecule has 1 amide bonds. The highest BCUT2D eigenvalue weighted by Crippen LogP contribution is 2.29. The fourth-order valence-corrected chi connectivity index (χ4v) is 1.45. The summed E-state index contributed by atoms with van der Waals surface area (Å²) in [6.07, 6.45) is 0.639. The molecule has 4 N–H and O–H groups in total. The van der Waals surface area contributed by atoms with Crippen LogP contribution in [0.15, 0.2) is 36.0 Å². The molecule has 1 heterocycles. The lowest BCUT2D eigenvalue weighted by atomic mass is 10.0. The summed E-state index contributed by atoms with van der Waals surface area (Å²) in [6.45, 7) is 0. The first-order valence-corrected chi connectivity index (χ1v) is 4.24. The summed E-state index contributed by atoms with van der Waals surface area (Å²) in [4.78, 5) is 10.9. The smallest absolute Gasteiger partial charge is 0.264 e. The van der Waals surface area contributed by atoms with Crippen LogP contribution in [-0.2, 0) is 4.79 Å². The van der Waals surface area contributed by atoms with E-state index in [1.54, 1.807) is 12.1 Å². The zero-order valence-electron chi connectivity index (χ0n) is 7.40. The molecule has 4 nitrogen and oxygen atoms in total. The lowest BCUT2D eigenvalue weighted by Crippen LogP contribution is -2.24. The van der Waals surface area contributed by atoms with Crippen molar-refractivity contribution in [2.45, 2.75) is 6.10 Å². The molecule has 1 aromatic carbocycles. The minimum Gasteiger partial charge on any atom is -0.384 e. The first-order chi connectivity index (χ1) is 6.68. The summed E-state index contributed by atoms with van der Waals surface area (Å²) >= 11 is 0. The van der Waals surface area contributed by atoms with Crippen LogP contribution in [0.3, 0.4) is 0 Å². The van der Waals surface area contributed by atoms with Gasteiger partial charge in [0.1, 0.15) is 11.8 Å². The number of hydrogen-bond donors (Lipinski definition) is 3. The van der Waals surface area contributed by atoms with E-state index in [0.29, 0.717) is 0 Å². The van der Waals surface area contributed by atoms with E-state index in [2.05, 4.69) is 5.32 Å². The molecule has 0 saturated heterocycles. The van der Waals surface area contributed by atoms with Crippen LogP contribution in [0.25, 0.3) is 0 Å². The number of aliphatic hydroxyl groups is 1. The molecule has 0 aliphatic carbocycles. The molecule has 2 rings (SSSR count). The van der Waals surface area contributed by atoms with Gasteiger partial charge in [-0.05, 0) is 12.1 Å². The molecule has 1 aliphatic rings.